The lowest BCUT2D eigenvalue weighted by molar-refractivity contribution is 0.600. The van der Waals surface area contributed by atoms with Gasteiger partial charge in [-0.05, 0) is 12.0 Å². The van der Waals surface area contributed by atoms with Crippen LogP contribution in [0.4, 0.5) is 0 Å². The first-order valence-corrected chi connectivity index (χ1v) is 4.91. The van der Waals surface area contributed by atoms with Crippen LogP contribution in [0.2, 0.25) is 0 Å². The normalized spacial score (nSPS) is 11.5. The lowest BCUT2D eigenvalue weighted by atomic mass is 10.1. The van der Waals surface area contributed by atoms with Crippen molar-refractivity contribution < 1.29 is 0 Å². The van der Waals surface area contributed by atoms with Gasteiger partial charge in [-0.1, -0.05) is 30.3 Å². The Morgan fingerprint density at radius 3 is 2.36 bits per heavy atom. The lowest BCUT2D eigenvalue weighted by Crippen LogP contribution is -2.22. The number of aryl methyl sites for hydroxylation is 1. The van der Waals surface area contributed by atoms with E-state index in [0.29, 0.717) is 0 Å². The quantitative estimate of drug-likeness (QED) is 0.527. The van der Waals surface area contributed by atoms with Crippen LogP contribution in [0.25, 0.3) is 0 Å². The highest BCUT2D eigenvalue weighted by Gasteiger charge is 2.00. The number of hydrogen-bond acceptors (Lipinski definition) is 1. The van der Waals surface area contributed by atoms with Gasteiger partial charge < -0.3 is 4.90 Å². The van der Waals surface area contributed by atoms with E-state index in [2.05, 4.69) is 34.2 Å². The predicted octanol–water partition coefficient (Wildman–Crippen LogP) is 2.21. The Bertz CT molecular complexity index is 288. The minimum Gasteiger partial charge on any atom is -0.367 e. The highest BCUT2D eigenvalue weighted by atomic mass is 15.1. The molecule has 1 rings (SSSR count). The molecular weight excluding hydrogens is 172 g/mol. The molecule has 1 aromatic carbocycles. The first-order chi connectivity index (χ1) is 6.74. The van der Waals surface area contributed by atoms with Gasteiger partial charge in [-0.25, -0.2) is 0 Å². The average Bonchev–Trinajstić information content (AvgIpc) is 2.20. The molecular formula is C12H18N2. The molecule has 1 aromatic rings. The lowest BCUT2D eigenvalue weighted by Gasteiger charge is -2.14. The summed E-state index contributed by atoms with van der Waals surface area (Å²) < 4.78 is 0. The van der Waals surface area contributed by atoms with Gasteiger partial charge in [-0.15, -0.1) is 0 Å². The topological polar surface area (TPSA) is 15.6 Å². The van der Waals surface area contributed by atoms with E-state index in [9.17, 15) is 0 Å². The maximum Gasteiger partial charge on any atom is 0.0983 e. The average molecular weight is 190 g/mol. The van der Waals surface area contributed by atoms with Crippen molar-refractivity contribution >= 4 is 5.84 Å². The van der Waals surface area contributed by atoms with E-state index in [0.717, 1.165) is 18.7 Å². The van der Waals surface area contributed by atoms with Crippen molar-refractivity contribution in [3.05, 3.63) is 35.9 Å². The van der Waals surface area contributed by atoms with Crippen LogP contribution in [0.5, 0.6) is 0 Å². The van der Waals surface area contributed by atoms with E-state index in [4.69, 9.17) is 0 Å². The fourth-order valence-electron chi connectivity index (χ4n) is 1.44. The number of amidine groups is 1. The third-order valence-electron chi connectivity index (χ3n) is 2.25. The zero-order valence-electron chi connectivity index (χ0n) is 9.20. The van der Waals surface area contributed by atoms with Crippen molar-refractivity contribution in [1.29, 1.82) is 0 Å². The Morgan fingerprint density at radius 2 is 1.86 bits per heavy atom. The summed E-state index contributed by atoms with van der Waals surface area (Å²) in [5, 5.41) is 0. The second-order valence-electron chi connectivity index (χ2n) is 3.52. The number of hydrogen-bond donors (Lipinski definition) is 0. The minimum atomic E-state index is 1.01. The Kier molecular flexibility index (Phi) is 4.17. The zero-order chi connectivity index (χ0) is 10.4. The molecule has 0 saturated heterocycles. The third-order valence-corrected chi connectivity index (χ3v) is 2.25. The predicted molar refractivity (Wildman–Crippen MR) is 61.8 cm³/mol. The molecule has 0 spiro atoms. The third kappa shape index (κ3) is 3.21. The molecule has 0 aliphatic rings. The van der Waals surface area contributed by atoms with E-state index >= 15 is 0 Å². The summed E-state index contributed by atoms with van der Waals surface area (Å²) in [4.78, 5) is 6.32. The van der Waals surface area contributed by atoms with Gasteiger partial charge in [0.05, 0.1) is 5.84 Å². The number of nitrogens with zero attached hydrogens (tertiary/aromatic N) is 2. The molecule has 0 radical (unpaired) electrons. The fourth-order valence-corrected chi connectivity index (χ4v) is 1.44. The van der Waals surface area contributed by atoms with Crippen molar-refractivity contribution in [3.8, 4) is 0 Å². The summed E-state index contributed by atoms with van der Waals surface area (Å²) in [6.07, 6.45) is 2.07. The minimum absolute atomic E-state index is 1.01. The molecule has 0 amide bonds. The van der Waals surface area contributed by atoms with Crippen molar-refractivity contribution in [2.24, 2.45) is 4.99 Å². The maximum atomic E-state index is 4.25. The molecule has 0 fully saturated rings. The van der Waals surface area contributed by atoms with E-state index in [1.165, 1.54) is 5.56 Å². The smallest absolute Gasteiger partial charge is 0.0983 e. The second-order valence-corrected chi connectivity index (χ2v) is 3.52. The zero-order valence-corrected chi connectivity index (χ0v) is 9.20. The van der Waals surface area contributed by atoms with Gasteiger partial charge in [0.2, 0.25) is 0 Å². The van der Waals surface area contributed by atoms with Gasteiger partial charge in [0, 0.05) is 27.6 Å². The first-order valence-electron chi connectivity index (χ1n) is 4.91. The molecule has 0 N–H and O–H groups in total. The summed E-state index contributed by atoms with van der Waals surface area (Å²) in [5.74, 6) is 1.15. The van der Waals surface area contributed by atoms with Crippen LogP contribution in [-0.2, 0) is 6.42 Å². The van der Waals surface area contributed by atoms with Crippen molar-refractivity contribution in [1.82, 2.24) is 4.90 Å². The second kappa shape index (κ2) is 5.43. The Balaban J connectivity index is 2.48. The van der Waals surface area contributed by atoms with Crippen molar-refractivity contribution in [2.75, 3.05) is 21.1 Å². The molecule has 0 heterocycles. The molecule has 76 valence electrons. The van der Waals surface area contributed by atoms with Crippen LogP contribution >= 0.6 is 0 Å². The number of benzene rings is 1. The highest BCUT2D eigenvalue weighted by molar-refractivity contribution is 5.81. The maximum absolute atomic E-state index is 4.25. The number of aliphatic imine (C=N–C) groups is 1. The van der Waals surface area contributed by atoms with Crippen LogP contribution < -0.4 is 0 Å². The van der Waals surface area contributed by atoms with Crippen LogP contribution in [0.3, 0.4) is 0 Å². The van der Waals surface area contributed by atoms with Gasteiger partial charge in [-0.3, -0.25) is 4.99 Å². The Hall–Kier alpha value is -1.31. The number of rotatable bonds is 3. The van der Waals surface area contributed by atoms with Gasteiger partial charge in [0.15, 0.2) is 0 Å². The molecule has 0 saturated carbocycles. The van der Waals surface area contributed by atoms with Gasteiger partial charge in [0.25, 0.3) is 0 Å². The van der Waals surface area contributed by atoms with Crippen molar-refractivity contribution in [3.63, 3.8) is 0 Å². The van der Waals surface area contributed by atoms with E-state index < -0.39 is 0 Å². The summed E-state index contributed by atoms with van der Waals surface area (Å²) in [7, 11) is 5.92. The standard InChI is InChI=1S/C12H18N2/c1-13-12(14(2)3)10-9-11-7-5-4-6-8-11/h4-8H,9-10H2,1-3H3. The molecule has 2 heteroatoms. The van der Waals surface area contributed by atoms with Crippen LogP contribution in [0.1, 0.15) is 12.0 Å². The van der Waals surface area contributed by atoms with Gasteiger partial charge in [-0.2, -0.15) is 0 Å². The summed E-state index contributed by atoms with van der Waals surface area (Å²) in [5.41, 5.74) is 1.37. The monoisotopic (exact) mass is 190 g/mol. The van der Waals surface area contributed by atoms with Crippen LogP contribution in [0, 0.1) is 0 Å². The van der Waals surface area contributed by atoms with Gasteiger partial charge >= 0.3 is 0 Å². The first kappa shape index (κ1) is 10.8. The summed E-state index contributed by atoms with van der Waals surface area (Å²) in [6, 6.07) is 10.5. The molecule has 0 aliphatic heterocycles. The SMILES string of the molecule is CN=C(CCc1ccccc1)N(C)C. The highest BCUT2D eigenvalue weighted by Crippen LogP contribution is 2.04. The van der Waals surface area contributed by atoms with E-state index in [1.54, 1.807) is 0 Å². The van der Waals surface area contributed by atoms with E-state index in [-0.39, 0.29) is 0 Å². The van der Waals surface area contributed by atoms with E-state index in [1.807, 2.05) is 27.2 Å². The molecule has 14 heavy (non-hydrogen) atoms. The summed E-state index contributed by atoms with van der Waals surface area (Å²) >= 11 is 0. The fraction of sp³-hybridized carbons (Fsp3) is 0.417. The molecule has 0 aliphatic carbocycles. The molecule has 2 nitrogen and oxygen atoms in total. The van der Waals surface area contributed by atoms with Gasteiger partial charge in [0.1, 0.15) is 0 Å². The largest absolute Gasteiger partial charge is 0.367 e. The Morgan fingerprint density at radius 1 is 1.21 bits per heavy atom. The molecule has 0 unspecified atom stereocenters. The van der Waals surface area contributed by atoms with Crippen LogP contribution in [-0.4, -0.2) is 31.9 Å². The van der Waals surface area contributed by atoms with Crippen molar-refractivity contribution in [2.45, 2.75) is 12.8 Å². The molecule has 0 atom stereocenters. The Labute approximate surface area is 86.3 Å². The molecule has 0 bridgehead atoms. The van der Waals surface area contributed by atoms with Crippen LogP contribution in [0.15, 0.2) is 35.3 Å². The summed E-state index contributed by atoms with van der Waals surface area (Å²) in [6.45, 7) is 0. The molecule has 0 aromatic heterocycles.